The van der Waals surface area contributed by atoms with E-state index in [9.17, 15) is 0 Å². The van der Waals surface area contributed by atoms with Crippen LogP contribution in [0.5, 0.6) is 11.5 Å². The summed E-state index contributed by atoms with van der Waals surface area (Å²) in [6, 6.07) is 2.89. The van der Waals surface area contributed by atoms with Crippen LogP contribution in [0.3, 0.4) is 0 Å². The van der Waals surface area contributed by atoms with Gasteiger partial charge in [-0.3, -0.25) is 0 Å². The van der Waals surface area contributed by atoms with Crippen molar-refractivity contribution >= 4 is 24.2 Å². The minimum Gasteiger partial charge on any atom is -0.497 e. The van der Waals surface area contributed by atoms with E-state index in [4.69, 9.17) is 31.1 Å². The molecular weight excluding hydrogens is 206 g/mol. The van der Waals surface area contributed by atoms with Gasteiger partial charge in [-0.25, -0.2) is 0 Å². The van der Waals surface area contributed by atoms with E-state index in [0.29, 0.717) is 16.5 Å². The van der Waals surface area contributed by atoms with E-state index >= 15 is 0 Å². The van der Waals surface area contributed by atoms with Gasteiger partial charge in [0.2, 0.25) is 0 Å². The lowest BCUT2D eigenvalue weighted by Crippen LogP contribution is -2.31. The summed E-state index contributed by atoms with van der Waals surface area (Å²) in [4.78, 5) is 0. The Morgan fingerprint density at radius 3 is 2.14 bits per heavy atom. The average molecular weight is 216 g/mol. The minimum atomic E-state index is -1.62. The maximum absolute atomic E-state index is 9.00. The highest BCUT2D eigenvalue weighted by Crippen LogP contribution is 2.27. The molecule has 0 atom stereocenters. The second-order valence-electron chi connectivity index (χ2n) is 2.60. The monoisotopic (exact) mass is 216 g/mol. The zero-order valence-electron chi connectivity index (χ0n) is 7.82. The highest BCUT2D eigenvalue weighted by Gasteiger charge is 2.19. The van der Waals surface area contributed by atoms with Gasteiger partial charge in [0.25, 0.3) is 0 Å². The van der Waals surface area contributed by atoms with Gasteiger partial charge in [0.1, 0.15) is 11.5 Å². The van der Waals surface area contributed by atoms with E-state index in [1.807, 2.05) is 0 Å². The molecular formula is C8H10BClO4. The SMILES string of the molecule is COc1cc(OC)c(B(O)O)cc1Cl. The van der Waals surface area contributed by atoms with Crippen molar-refractivity contribution in [2.75, 3.05) is 14.2 Å². The molecule has 0 aliphatic carbocycles. The Bertz CT molecular complexity index is 329. The van der Waals surface area contributed by atoms with Gasteiger partial charge in [-0.2, -0.15) is 0 Å². The Morgan fingerprint density at radius 1 is 1.14 bits per heavy atom. The third-order valence-electron chi connectivity index (χ3n) is 1.78. The zero-order chi connectivity index (χ0) is 10.7. The van der Waals surface area contributed by atoms with Gasteiger partial charge >= 0.3 is 7.12 Å². The van der Waals surface area contributed by atoms with E-state index in [2.05, 4.69) is 0 Å². The number of hydrogen-bond acceptors (Lipinski definition) is 4. The predicted octanol–water partition coefficient (Wildman–Crippen LogP) is 0.0370. The molecule has 6 heteroatoms. The van der Waals surface area contributed by atoms with Crippen molar-refractivity contribution in [3.05, 3.63) is 17.2 Å². The Kier molecular flexibility index (Phi) is 3.63. The fraction of sp³-hybridized carbons (Fsp3) is 0.250. The van der Waals surface area contributed by atoms with Crippen LogP contribution in [-0.2, 0) is 0 Å². The average Bonchev–Trinajstić information content (AvgIpc) is 2.17. The molecule has 1 aromatic rings. The largest absolute Gasteiger partial charge is 0.497 e. The minimum absolute atomic E-state index is 0.207. The van der Waals surface area contributed by atoms with Crippen LogP contribution in [0.1, 0.15) is 0 Å². The molecule has 0 amide bonds. The highest BCUT2D eigenvalue weighted by molar-refractivity contribution is 6.60. The van der Waals surface area contributed by atoms with Crippen molar-refractivity contribution in [3.8, 4) is 11.5 Å². The van der Waals surface area contributed by atoms with Crippen LogP contribution >= 0.6 is 11.6 Å². The van der Waals surface area contributed by atoms with E-state index in [0.717, 1.165) is 0 Å². The lowest BCUT2D eigenvalue weighted by Gasteiger charge is -2.11. The molecule has 0 fully saturated rings. The molecule has 14 heavy (non-hydrogen) atoms. The van der Waals surface area contributed by atoms with E-state index < -0.39 is 7.12 Å². The third kappa shape index (κ3) is 2.12. The van der Waals surface area contributed by atoms with Gasteiger partial charge in [0.15, 0.2) is 0 Å². The topological polar surface area (TPSA) is 58.9 Å². The highest BCUT2D eigenvalue weighted by atomic mass is 35.5. The van der Waals surface area contributed by atoms with Crippen LogP contribution < -0.4 is 14.9 Å². The maximum Gasteiger partial charge on any atom is 0.492 e. The molecule has 0 aliphatic rings. The Labute approximate surface area is 87.2 Å². The van der Waals surface area contributed by atoms with Crippen LogP contribution in [0, 0.1) is 0 Å². The molecule has 0 saturated heterocycles. The van der Waals surface area contributed by atoms with Crippen molar-refractivity contribution in [1.29, 1.82) is 0 Å². The molecule has 0 saturated carbocycles. The second-order valence-corrected chi connectivity index (χ2v) is 3.01. The molecule has 0 unspecified atom stereocenters. The molecule has 2 N–H and O–H groups in total. The first-order chi connectivity index (χ1) is 6.60. The van der Waals surface area contributed by atoms with Gasteiger partial charge < -0.3 is 19.5 Å². The van der Waals surface area contributed by atoms with Crippen molar-refractivity contribution in [2.45, 2.75) is 0 Å². The fourth-order valence-electron chi connectivity index (χ4n) is 1.09. The summed E-state index contributed by atoms with van der Waals surface area (Å²) in [5.41, 5.74) is 0.207. The van der Waals surface area contributed by atoms with E-state index in [-0.39, 0.29) is 5.46 Å². The standard InChI is InChI=1S/C8H10BClO4/c1-13-7-4-8(14-2)6(10)3-5(7)9(11)12/h3-4,11-12H,1-2H3. The van der Waals surface area contributed by atoms with Crippen molar-refractivity contribution < 1.29 is 19.5 Å². The molecule has 0 aromatic heterocycles. The molecule has 1 aromatic carbocycles. The third-order valence-corrected chi connectivity index (χ3v) is 2.08. The van der Waals surface area contributed by atoms with Gasteiger partial charge in [-0.05, 0) is 6.07 Å². The van der Waals surface area contributed by atoms with Crippen molar-refractivity contribution in [2.24, 2.45) is 0 Å². The number of methoxy groups -OCH3 is 2. The zero-order valence-corrected chi connectivity index (χ0v) is 8.58. The summed E-state index contributed by atoms with van der Waals surface area (Å²) in [5, 5.41) is 18.3. The van der Waals surface area contributed by atoms with Crippen molar-refractivity contribution in [1.82, 2.24) is 0 Å². The van der Waals surface area contributed by atoms with Crippen LogP contribution in [0.15, 0.2) is 12.1 Å². The molecule has 0 bridgehead atoms. The molecule has 0 spiro atoms. The molecule has 1 rings (SSSR count). The predicted molar refractivity (Wildman–Crippen MR) is 54.4 cm³/mol. The normalized spacial score (nSPS) is 9.79. The number of hydrogen-bond donors (Lipinski definition) is 2. The number of rotatable bonds is 3. The van der Waals surface area contributed by atoms with Gasteiger partial charge in [0, 0.05) is 11.5 Å². The molecule has 0 radical (unpaired) electrons. The first-order valence-electron chi connectivity index (χ1n) is 3.87. The Morgan fingerprint density at radius 2 is 1.71 bits per heavy atom. The van der Waals surface area contributed by atoms with Crippen LogP contribution in [0.4, 0.5) is 0 Å². The van der Waals surface area contributed by atoms with Crippen LogP contribution in [-0.4, -0.2) is 31.4 Å². The molecule has 76 valence electrons. The summed E-state index contributed by atoms with van der Waals surface area (Å²) in [7, 11) is 1.28. The molecule has 0 aliphatic heterocycles. The second kappa shape index (κ2) is 4.55. The van der Waals surface area contributed by atoms with E-state index in [1.54, 1.807) is 0 Å². The molecule has 4 nitrogen and oxygen atoms in total. The summed E-state index contributed by atoms with van der Waals surface area (Å²) >= 11 is 5.80. The molecule has 0 heterocycles. The first-order valence-corrected chi connectivity index (χ1v) is 4.25. The maximum atomic E-state index is 9.00. The fourth-order valence-corrected chi connectivity index (χ4v) is 1.33. The van der Waals surface area contributed by atoms with Gasteiger partial charge in [0.05, 0.1) is 19.2 Å². The van der Waals surface area contributed by atoms with Gasteiger partial charge in [-0.1, -0.05) is 11.6 Å². The first kappa shape index (κ1) is 11.2. The lowest BCUT2D eigenvalue weighted by molar-refractivity contribution is 0.390. The van der Waals surface area contributed by atoms with Gasteiger partial charge in [-0.15, -0.1) is 0 Å². The summed E-state index contributed by atoms with van der Waals surface area (Å²) < 4.78 is 9.89. The quantitative estimate of drug-likeness (QED) is 0.700. The summed E-state index contributed by atoms with van der Waals surface area (Å²) in [5.74, 6) is 0.745. The van der Waals surface area contributed by atoms with Crippen molar-refractivity contribution in [3.63, 3.8) is 0 Å². The summed E-state index contributed by atoms with van der Waals surface area (Å²) in [6.07, 6.45) is 0. The van der Waals surface area contributed by atoms with E-state index in [1.165, 1.54) is 26.4 Å². The number of benzene rings is 1. The summed E-state index contributed by atoms with van der Waals surface area (Å²) in [6.45, 7) is 0. The van der Waals surface area contributed by atoms with Crippen LogP contribution in [0.2, 0.25) is 5.02 Å². The van der Waals surface area contributed by atoms with Crippen LogP contribution in [0.25, 0.3) is 0 Å². The number of halogens is 1. The Balaban J connectivity index is 3.24. The number of ether oxygens (including phenoxy) is 2. The smallest absolute Gasteiger partial charge is 0.492 e. The Hall–Kier alpha value is -0.905. The lowest BCUT2D eigenvalue weighted by atomic mass is 9.79.